The Bertz CT molecular complexity index is 608. The molecule has 2 aromatic carbocycles. The number of nitrogens with zero attached hydrogens (tertiary/aromatic N) is 2. The highest BCUT2D eigenvalue weighted by Crippen LogP contribution is 2.15. The van der Waals surface area contributed by atoms with E-state index in [9.17, 15) is 4.79 Å². The zero-order valence-electron chi connectivity index (χ0n) is 13.6. The molecule has 3 nitrogen and oxygen atoms in total. The summed E-state index contributed by atoms with van der Waals surface area (Å²) in [5.41, 5.74) is 3.17. The van der Waals surface area contributed by atoms with E-state index in [1.165, 1.54) is 5.56 Å². The molecule has 0 atom stereocenters. The second kappa shape index (κ2) is 7.76. The number of carbonyl (C=O) groups is 1. The monoisotopic (exact) mass is 296 g/mol. The normalized spacial score (nSPS) is 10.7. The van der Waals surface area contributed by atoms with Crippen molar-refractivity contribution >= 4 is 5.91 Å². The second-order valence-electron chi connectivity index (χ2n) is 5.65. The minimum Gasteiger partial charge on any atom is -0.345 e. The lowest BCUT2D eigenvalue weighted by Crippen LogP contribution is -2.26. The van der Waals surface area contributed by atoms with Gasteiger partial charge in [0, 0.05) is 32.7 Å². The molecule has 0 bridgehead atoms. The van der Waals surface area contributed by atoms with E-state index in [4.69, 9.17) is 0 Å². The standard InChI is InChI=1S/C19H24N2O/c1-4-21(14-16-10-6-5-7-11-16)15-17-12-8-9-13-18(17)19(22)20(2)3/h5-13H,4,14-15H2,1-3H3. The number of rotatable bonds is 6. The molecule has 0 fully saturated rings. The third kappa shape index (κ3) is 4.18. The van der Waals surface area contributed by atoms with Gasteiger partial charge in [-0.25, -0.2) is 0 Å². The summed E-state index contributed by atoms with van der Waals surface area (Å²) >= 11 is 0. The van der Waals surface area contributed by atoms with Crippen LogP contribution in [-0.2, 0) is 13.1 Å². The fourth-order valence-electron chi connectivity index (χ4n) is 2.47. The first-order valence-electron chi connectivity index (χ1n) is 7.67. The lowest BCUT2D eigenvalue weighted by atomic mass is 10.1. The van der Waals surface area contributed by atoms with Gasteiger partial charge in [-0.3, -0.25) is 9.69 Å². The van der Waals surface area contributed by atoms with E-state index in [-0.39, 0.29) is 5.91 Å². The zero-order chi connectivity index (χ0) is 15.9. The predicted molar refractivity (Wildman–Crippen MR) is 90.7 cm³/mol. The first kappa shape index (κ1) is 16.2. The first-order chi connectivity index (χ1) is 10.6. The maximum Gasteiger partial charge on any atom is 0.253 e. The van der Waals surface area contributed by atoms with Crippen molar-refractivity contribution in [1.29, 1.82) is 0 Å². The van der Waals surface area contributed by atoms with E-state index in [0.717, 1.165) is 30.8 Å². The summed E-state index contributed by atoms with van der Waals surface area (Å²) < 4.78 is 0. The van der Waals surface area contributed by atoms with Crippen LogP contribution in [0.1, 0.15) is 28.4 Å². The predicted octanol–water partition coefficient (Wildman–Crippen LogP) is 3.41. The topological polar surface area (TPSA) is 23.6 Å². The zero-order valence-corrected chi connectivity index (χ0v) is 13.6. The van der Waals surface area contributed by atoms with Gasteiger partial charge in [-0.05, 0) is 23.7 Å². The molecule has 22 heavy (non-hydrogen) atoms. The molecule has 1 amide bonds. The van der Waals surface area contributed by atoms with E-state index in [2.05, 4.69) is 36.1 Å². The van der Waals surface area contributed by atoms with Gasteiger partial charge >= 0.3 is 0 Å². The van der Waals surface area contributed by atoms with Crippen molar-refractivity contribution < 1.29 is 4.79 Å². The molecule has 0 unspecified atom stereocenters. The third-order valence-electron chi connectivity index (χ3n) is 3.74. The Hall–Kier alpha value is -2.13. The maximum atomic E-state index is 12.3. The molecule has 116 valence electrons. The molecule has 0 aromatic heterocycles. The quantitative estimate of drug-likeness (QED) is 0.815. The van der Waals surface area contributed by atoms with Crippen molar-refractivity contribution in [1.82, 2.24) is 9.80 Å². The molecule has 0 heterocycles. The van der Waals surface area contributed by atoms with Gasteiger partial charge in [0.25, 0.3) is 5.91 Å². The number of hydrogen-bond donors (Lipinski definition) is 0. The number of carbonyl (C=O) groups excluding carboxylic acids is 1. The van der Waals surface area contributed by atoms with Crippen molar-refractivity contribution in [3.8, 4) is 0 Å². The summed E-state index contributed by atoms with van der Waals surface area (Å²) in [6.45, 7) is 4.77. The van der Waals surface area contributed by atoms with Crippen LogP contribution in [0.15, 0.2) is 54.6 Å². The van der Waals surface area contributed by atoms with E-state index >= 15 is 0 Å². The molecule has 2 aromatic rings. The number of hydrogen-bond acceptors (Lipinski definition) is 2. The molecule has 0 saturated heterocycles. The van der Waals surface area contributed by atoms with Crippen LogP contribution in [0.4, 0.5) is 0 Å². The Morgan fingerprint density at radius 2 is 1.55 bits per heavy atom. The van der Waals surface area contributed by atoms with E-state index in [1.54, 1.807) is 19.0 Å². The fourth-order valence-corrected chi connectivity index (χ4v) is 2.47. The molecule has 0 radical (unpaired) electrons. The Kier molecular flexibility index (Phi) is 5.73. The van der Waals surface area contributed by atoms with Crippen molar-refractivity contribution in [2.45, 2.75) is 20.0 Å². The Labute approximate surface area is 133 Å². The minimum atomic E-state index is 0.0614. The summed E-state index contributed by atoms with van der Waals surface area (Å²) in [5.74, 6) is 0.0614. The highest BCUT2D eigenvalue weighted by atomic mass is 16.2. The maximum absolute atomic E-state index is 12.3. The SMILES string of the molecule is CCN(Cc1ccccc1)Cc1ccccc1C(=O)N(C)C. The van der Waals surface area contributed by atoms with Gasteiger partial charge in [0.05, 0.1) is 0 Å². The van der Waals surface area contributed by atoms with Crippen LogP contribution in [0.3, 0.4) is 0 Å². The van der Waals surface area contributed by atoms with Crippen LogP contribution in [0, 0.1) is 0 Å². The second-order valence-corrected chi connectivity index (χ2v) is 5.65. The first-order valence-corrected chi connectivity index (χ1v) is 7.67. The number of benzene rings is 2. The molecule has 0 N–H and O–H groups in total. The smallest absolute Gasteiger partial charge is 0.253 e. The highest BCUT2D eigenvalue weighted by molar-refractivity contribution is 5.95. The van der Waals surface area contributed by atoms with Crippen molar-refractivity contribution in [2.75, 3.05) is 20.6 Å². The van der Waals surface area contributed by atoms with Gasteiger partial charge in [-0.1, -0.05) is 55.5 Å². The lowest BCUT2D eigenvalue weighted by Gasteiger charge is -2.22. The molecule has 3 heteroatoms. The van der Waals surface area contributed by atoms with Crippen molar-refractivity contribution in [3.63, 3.8) is 0 Å². The Balaban J connectivity index is 2.16. The van der Waals surface area contributed by atoms with E-state index in [1.807, 2.05) is 30.3 Å². The summed E-state index contributed by atoms with van der Waals surface area (Å²) in [6, 6.07) is 18.3. The average molecular weight is 296 g/mol. The van der Waals surface area contributed by atoms with Gasteiger partial charge in [0.1, 0.15) is 0 Å². The van der Waals surface area contributed by atoms with E-state index < -0.39 is 0 Å². The summed E-state index contributed by atoms with van der Waals surface area (Å²) in [6.07, 6.45) is 0. The summed E-state index contributed by atoms with van der Waals surface area (Å²) in [5, 5.41) is 0. The molecular weight excluding hydrogens is 272 g/mol. The molecule has 0 saturated carbocycles. The molecule has 0 aliphatic carbocycles. The average Bonchev–Trinajstić information content (AvgIpc) is 2.55. The van der Waals surface area contributed by atoms with Crippen LogP contribution >= 0.6 is 0 Å². The van der Waals surface area contributed by atoms with Crippen molar-refractivity contribution in [2.24, 2.45) is 0 Å². The van der Waals surface area contributed by atoms with Crippen LogP contribution in [0.2, 0.25) is 0 Å². The summed E-state index contributed by atoms with van der Waals surface area (Å²) in [7, 11) is 3.58. The van der Waals surface area contributed by atoms with Gasteiger partial charge in [0.2, 0.25) is 0 Å². The van der Waals surface area contributed by atoms with Crippen molar-refractivity contribution in [3.05, 3.63) is 71.3 Å². The Morgan fingerprint density at radius 1 is 0.909 bits per heavy atom. The molecule has 0 aliphatic rings. The van der Waals surface area contributed by atoms with Gasteiger partial charge in [0.15, 0.2) is 0 Å². The number of amides is 1. The fraction of sp³-hybridized carbons (Fsp3) is 0.316. The molecule has 0 spiro atoms. The van der Waals surface area contributed by atoms with Gasteiger partial charge in [-0.15, -0.1) is 0 Å². The highest BCUT2D eigenvalue weighted by Gasteiger charge is 2.14. The molecule has 0 aliphatic heterocycles. The largest absolute Gasteiger partial charge is 0.345 e. The van der Waals surface area contributed by atoms with Gasteiger partial charge in [-0.2, -0.15) is 0 Å². The molecule has 2 rings (SSSR count). The minimum absolute atomic E-state index is 0.0614. The summed E-state index contributed by atoms with van der Waals surface area (Å²) in [4.78, 5) is 16.3. The molecular formula is C19H24N2O. The van der Waals surface area contributed by atoms with Crippen LogP contribution < -0.4 is 0 Å². The third-order valence-corrected chi connectivity index (χ3v) is 3.74. The Morgan fingerprint density at radius 3 is 2.18 bits per heavy atom. The van der Waals surface area contributed by atoms with Crippen LogP contribution in [0.25, 0.3) is 0 Å². The van der Waals surface area contributed by atoms with Crippen LogP contribution in [-0.4, -0.2) is 36.3 Å². The van der Waals surface area contributed by atoms with Gasteiger partial charge < -0.3 is 4.90 Å². The van der Waals surface area contributed by atoms with E-state index in [0.29, 0.717) is 0 Å². The van der Waals surface area contributed by atoms with Crippen LogP contribution in [0.5, 0.6) is 0 Å². The lowest BCUT2D eigenvalue weighted by molar-refractivity contribution is 0.0825.